The minimum Gasteiger partial charge on any atom is -0.507 e. The third kappa shape index (κ3) is 5.29. The Bertz CT molecular complexity index is 1600. The van der Waals surface area contributed by atoms with Gasteiger partial charge in [0.25, 0.3) is 5.56 Å². The number of benzene rings is 2. The van der Waals surface area contributed by atoms with Crippen molar-refractivity contribution >= 4 is 29.1 Å². The fourth-order valence-corrected chi connectivity index (χ4v) is 5.75. The molecule has 1 aromatic heterocycles. The average Bonchev–Trinajstić information content (AvgIpc) is 3.23. The van der Waals surface area contributed by atoms with E-state index >= 15 is 0 Å². The Balaban J connectivity index is 1.91. The van der Waals surface area contributed by atoms with E-state index in [1.807, 2.05) is 6.07 Å². The van der Waals surface area contributed by atoms with Gasteiger partial charge in [0.15, 0.2) is 16.3 Å². The van der Waals surface area contributed by atoms with E-state index < -0.39 is 12.0 Å². The third-order valence-electron chi connectivity index (χ3n) is 6.67. The molecule has 0 amide bonds. The number of phenolic OH excluding ortho intramolecular Hbond substituents is 1. The number of phenols is 1. The van der Waals surface area contributed by atoms with Gasteiger partial charge in [-0.15, -0.1) is 0 Å². The van der Waals surface area contributed by atoms with E-state index in [4.69, 9.17) is 14.2 Å². The van der Waals surface area contributed by atoms with E-state index in [0.717, 1.165) is 18.8 Å². The number of rotatable bonds is 9. The molecule has 0 unspecified atom stereocenters. The van der Waals surface area contributed by atoms with Crippen molar-refractivity contribution in [3.63, 3.8) is 0 Å². The first-order valence-electron chi connectivity index (χ1n) is 12.8. The van der Waals surface area contributed by atoms with Crippen LogP contribution in [0, 0.1) is 0 Å². The predicted molar refractivity (Wildman–Crippen MR) is 152 cm³/mol. The van der Waals surface area contributed by atoms with Crippen molar-refractivity contribution in [3.8, 4) is 17.2 Å². The molecule has 0 fully saturated rings. The van der Waals surface area contributed by atoms with E-state index in [1.165, 1.54) is 23.0 Å². The number of carbonyl (C=O) groups excluding carboxylic acids is 1. The van der Waals surface area contributed by atoms with Crippen LogP contribution in [-0.2, 0) is 9.53 Å². The lowest BCUT2D eigenvalue weighted by Crippen LogP contribution is -2.40. The largest absolute Gasteiger partial charge is 0.507 e. The van der Waals surface area contributed by atoms with Crippen molar-refractivity contribution in [2.24, 2.45) is 4.99 Å². The Morgan fingerprint density at radius 2 is 1.82 bits per heavy atom. The molecule has 0 saturated carbocycles. The molecule has 206 valence electrons. The number of allylic oxidation sites excluding steroid dienone is 1. The highest BCUT2D eigenvalue weighted by Gasteiger charge is 2.34. The second-order valence-corrected chi connectivity index (χ2v) is 9.84. The number of methoxy groups -OCH3 is 2. The van der Waals surface area contributed by atoms with Crippen molar-refractivity contribution in [1.82, 2.24) is 4.57 Å². The molecular formula is C29H33N3O6S. The number of aromatic hydroxyl groups is 1. The molecule has 0 saturated heterocycles. The number of ether oxygens (including phenoxy) is 3. The second kappa shape index (κ2) is 11.8. The van der Waals surface area contributed by atoms with Crippen LogP contribution in [0.2, 0.25) is 0 Å². The maximum absolute atomic E-state index is 13.9. The van der Waals surface area contributed by atoms with Gasteiger partial charge in [0, 0.05) is 30.4 Å². The van der Waals surface area contributed by atoms with Crippen LogP contribution in [0.3, 0.4) is 0 Å². The molecule has 0 radical (unpaired) electrons. The summed E-state index contributed by atoms with van der Waals surface area (Å²) in [5.41, 5.74) is 2.46. The topological polar surface area (TPSA) is 103 Å². The molecule has 3 aromatic rings. The zero-order valence-corrected chi connectivity index (χ0v) is 23.8. The maximum atomic E-state index is 13.9. The molecular weight excluding hydrogens is 518 g/mol. The Kier molecular flexibility index (Phi) is 8.44. The summed E-state index contributed by atoms with van der Waals surface area (Å²) in [7, 11) is 3.07. The highest BCUT2D eigenvalue weighted by molar-refractivity contribution is 7.07. The molecule has 1 aliphatic rings. The number of esters is 1. The van der Waals surface area contributed by atoms with Gasteiger partial charge in [0.1, 0.15) is 5.75 Å². The summed E-state index contributed by atoms with van der Waals surface area (Å²) in [6, 6.07) is 9.90. The first kappa shape index (κ1) is 28.0. The van der Waals surface area contributed by atoms with Crippen LogP contribution in [0.25, 0.3) is 6.08 Å². The number of fused-ring (bicyclic) bond motifs is 1. The smallest absolute Gasteiger partial charge is 0.338 e. The van der Waals surface area contributed by atoms with Crippen LogP contribution < -0.4 is 29.3 Å². The average molecular weight is 552 g/mol. The number of hydrogen-bond donors (Lipinski definition) is 1. The molecule has 1 aliphatic heterocycles. The number of aromatic nitrogens is 1. The van der Waals surface area contributed by atoms with E-state index in [9.17, 15) is 14.7 Å². The summed E-state index contributed by atoms with van der Waals surface area (Å²) in [6.45, 7) is 9.37. The Labute approximate surface area is 230 Å². The van der Waals surface area contributed by atoms with E-state index in [1.54, 1.807) is 57.4 Å². The summed E-state index contributed by atoms with van der Waals surface area (Å²) in [5, 5.41) is 10.8. The number of carbonyl (C=O) groups is 1. The van der Waals surface area contributed by atoms with Crippen LogP contribution in [0.4, 0.5) is 5.69 Å². The van der Waals surface area contributed by atoms with Crippen LogP contribution in [0.5, 0.6) is 17.2 Å². The lowest BCUT2D eigenvalue weighted by molar-refractivity contribution is -0.139. The molecule has 10 heteroatoms. The molecule has 0 aliphatic carbocycles. The van der Waals surface area contributed by atoms with E-state index in [0.29, 0.717) is 37.7 Å². The van der Waals surface area contributed by atoms with Gasteiger partial charge in [0.05, 0.1) is 42.7 Å². The summed E-state index contributed by atoms with van der Waals surface area (Å²) < 4.78 is 18.1. The van der Waals surface area contributed by atoms with Crippen LogP contribution >= 0.6 is 11.3 Å². The van der Waals surface area contributed by atoms with Gasteiger partial charge < -0.3 is 24.2 Å². The summed E-state index contributed by atoms with van der Waals surface area (Å²) >= 11 is 1.20. The molecule has 4 rings (SSSR count). The zero-order chi connectivity index (χ0) is 28.3. The first-order chi connectivity index (χ1) is 18.8. The summed E-state index contributed by atoms with van der Waals surface area (Å²) in [4.78, 5) is 34.1. The second-order valence-electron chi connectivity index (χ2n) is 8.83. The summed E-state index contributed by atoms with van der Waals surface area (Å²) in [6.07, 6.45) is 1.65. The van der Waals surface area contributed by atoms with Crippen molar-refractivity contribution in [2.45, 2.75) is 33.7 Å². The van der Waals surface area contributed by atoms with Gasteiger partial charge >= 0.3 is 5.97 Å². The number of thiazole rings is 1. The van der Waals surface area contributed by atoms with E-state index in [-0.39, 0.29) is 23.5 Å². The lowest BCUT2D eigenvalue weighted by Gasteiger charge is -2.25. The van der Waals surface area contributed by atoms with Gasteiger partial charge in [-0.05, 0) is 63.6 Å². The highest BCUT2D eigenvalue weighted by Crippen LogP contribution is 2.36. The fraction of sp³-hybridized carbons (Fsp3) is 0.345. The Morgan fingerprint density at radius 3 is 2.44 bits per heavy atom. The molecule has 1 N–H and O–H groups in total. The minimum atomic E-state index is -0.791. The normalized spacial score (nSPS) is 15.0. The molecule has 1 atom stereocenters. The highest BCUT2D eigenvalue weighted by atomic mass is 32.1. The van der Waals surface area contributed by atoms with Gasteiger partial charge in [0.2, 0.25) is 0 Å². The summed E-state index contributed by atoms with van der Waals surface area (Å²) in [5.74, 6) is 0.520. The van der Waals surface area contributed by atoms with Gasteiger partial charge in [-0.2, -0.15) is 0 Å². The van der Waals surface area contributed by atoms with Gasteiger partial charge in [-0.1, -0.05) is 17.4 Å². The standard InChI is InChI=1S/C29H33N3O6S/c1-7-31(8-2)20-12-10-18(21(33)16-20)15-24-27(34)32-26(19-11-13-22(36-5)23(14-19)37-6)25(28(35)38-9-3)17(4)30-29(32)39-24/h10-16,26,33H,7-9H2,1-6H3/b24-15-/t26-/m0/s1. The SMILES string of the molecule is CCOC(=O)C1=C(C)N=c2s/c(=C\c3ccc(N(CC)CC)cc3O)c(=O)n2[C@H]1c1ccc(OC)c(OC)c1. The van der Waals surface area contributed by atoms with Crippen molar-refractivity contribution < 1.29 is 24.1 Å². The molecule has 9 nitrogen and oxygen atoms in total. The van der Waals surface area contributed by atoms with Crippen molar-refractivity contribution in [2.75, 3.05) is 38.8 Å². The van der Waals surface area contributed by atoms with E-state index in [2.05, 4.69) is 23.7 Å². The molecule has 2 aromatic carbocycles. The fourth-order valence-electron chi connectivity index (χ4n) is 4.71. The van der Waals surface area contributed by atoms with Crippen LogP contribution in [0.1, 0.15) is 44.9 Å². The monoisotopic (exact) mass is 551 g/mol. The molecule has 0 spiro atoms. The third-order valence-corrected chi connectivity index (χ3v) is 7.65. The quantitative estimate of drug-likeness (QED) is 0.407. The van der Waals surface area contributed by atoms with Gasteiger partial charge in [-0.25, -0.2) is 9.79 Å². The molecule has 2 heterocycles. The lowest BCUT2D eigenvalue weighted by atomic mass is 9.95. The Hall–Kier alpha value is -4.05. The van der Waals surface area contributed by atoms with Gasteiger partial charge in [-0.3, -0.25) is 9.36 Å². The minimum absolute atomic E-state index is 0.0741. The zero-order valence-electron chi connectivity index (χ0n) is 23.0. The molecule has 39 heavy (non-hydrogen) atoms. The van der Waals surface area contributed by atoms with Crippen molar-refractivity contribution in [1.29, 1.82) is 0 Å². The van der Waals surface area contributed by atoms with Crippen LogP contribution in [-0.4, -0.2) is 49.6 Å². The maximum Gasteiger partial charge on any atom is 0.338 e. The first-order valence-corrected chi connectivity index (χ1v) is 13.6. The van der Waals surface area contributed by atoms with Crippen LogP contribution in [0.15, 0.2) is 57.5 Å². The number of anilines is 1. The van der Waals surface area contributed by atoms with Crippen molar-refractivity contribution in [3.05, 3.63) is 78.5 Å². The predicted octanol–water partition coefficient (Wildman–Crippen LogP) is 3.37. The number of hydrogen-bond acceptors (Lipinski definition) is 9. The molecule has 0 bridgehead atoms. The Morgan fingerprint density at radius 1 is 1.10 bits per heavy atom. The number of nitrogens with zero attached hydrogens (tertiary/aromatic N) is 3.